The molecule has 0 spiro atoms. The van der Waals surface area contributed by atoms with Gasteiger partial charge in [0.05, 0.1) is 16.1 Å². The molecule has 0 aliphatic heterocycles. The van der Waals surface area contributed by atoms with Gasteiger partial charge < -0.3 is 10.4 Å². The Kier molecular flexibility index (Phi) is 5.67. The molecule has 0 atom stereocenters. The molecule has 0 bridgehead atoms. The number of aromatic carboxylic acids is 1. The van der Waals surface area contributed by atoms with Crippen molar-refractivity contribution in [2.75, 3.05) is 0 Å². The number of carboxylic acid groups (broad SMARTS) is 1. The number of halogens is 1. The molecule has 23 heavy (non-hydrogen) atoms. The molecule has 0 fully saturated rings. The van der Waals surface area contributed by atoms with Gasteiger partial charge in [-0.15, -0.1) is 0 Å². The van der Waals surface area contributed by atoms with Crippen molar-refractivity contribution < 1.29 is 14.7 Å². The highest BCUT2D eigenvalue weighted by atomic mass is 35.5. The minimum atomic E-state index is -0.980. The molecular weight excluding hydrogens is 336 g/mol. The Morgan fingerprint density at radius 1 is 1.09 bits per heavy atom. The van der Waals surface area contributed by atoms with Crippen molar-refractivity contribution >= 4 is 40.8 Å². The van der Waals surface area contributed by atoms with Gasteiger partial charge in [-0.05, 0) is 42.0 Å². The van der Waals surface area contributed by atoms with Crippen molar-refractivity contribution in [2.45, 2.75) is 6.54 Å². The largest absolute Gasteiger partial charge is 0.478 e. The normalized spacial score (nSPS) is 9.96. The van der Waals surface area contributed by atoms with Gasteiger partial charge in [-0.1, -0.05) is 35.9 Å². The fourth-order valence-electron chi connectivity index (χ4n) is 1.81. The lowest BCUT2D eigenvalue weighted by molar-refractivity contribution is 0.0696. The van der Waals surface area contributed by atoms with E-state index in [1.54, 1.807) is 36.4 Å². The van der Waals surface area contributed by atoms with Gasteiger partial charge in [0.15, 0.2) is 5.11 Å². The van der Waals surface area contributed by atoms with Crippen molar-refractivity contribution in [1.29, 1.82) is 0 Å². The molecule has 0 unspecified atom stereocenters. The summed E-state index contributed by atoms with van der Waals surface area (Å²) >= 11 is 11.0. The van der Waals surface area contributed by atoms with Crippen molar-refractivity contribution in [3.05, 3.63) is 70.2 Å². The first kappa shape index (κ1) is 16.9. The summed E-state index contributed by atoms with van der Waals surface area (Å²) in [6, 6.07) is 13.0. The van der Waals surface area contributed by atoms with E-state index in [1.807, 2.05) is 0 Å². The Balaban J connectivity index is 1.89. The molecule has 0 aliphatic carbocycles. The molecule has 3 N–H and O–H groups in total. The van der Waals surface area contributed by atoms with E-state index in [2.05, 4.69) is 10.6 Å². The first-order chi connectivity index (χ1) is 11.0. The molecule has 1 amide bonds. The van der Waals surface area contributed by atoms with Gasteiger partial charge in [-0.2, -0.15) is 0 Å². The summed E-state index contributed by atoms with van der Waals surface area (Å²) in [5.74, 6) is -1.37. The highest BCUT2D eigenvalue weighted by molar-refractivity contribution is 7.80. The van der Waals surface area contributed by atoms with Crippen LogP contribution in [0.3, 0.4) is 0 Å². The van der Waals surface area contributed by atoms with Gasteiger partial charge in [0.25, 0.3) is 5.91 Å². The summed E-state index contributed by atoms with van der Waals surface area (Å²) in [6.45, 7) is 0.363. The van der Waals surface area contributed by atoms with E-state index >= 15 is 0 Å². The minimum Gasteiger partial charge on any atom is -0.478 e. The number of carbonyl (C=O) groups is 2. The molecule has 0 saturated heterocycles. The molecular formula is C16H13ClN2O3S. The van der Waals surface area contributed by atoms with Crippen LogP contribution in [0.5, 0.6) is 0 Å². The Labute approximate surface area is 143 Å². The van der Waals surface area contributed by atoms with Crippen molar-refractivity contribution in [3.8, 4) is 0 Å². The summed E-state index contributed by atoms with van der Waals surface area (Å²) in [6.07, 6.45) is 0. The van der Waals surface area contributed by atoms with E-state index in [-0.39, 0.29) is 10.7 Å². The third-order valence-corrected chi connectivity index (χ3v) is 3.58. The monoisotopic (exact) mass is 348 g/mol. The van der Waals surface area contributed by atoms with Crippen LogP contribution in [-0.4, -0.2) is 22.1 Å². The van der Waals surface area contributed by atoms with Gasteiger partial charge in [0.1, 0.15) is 0 Å². The van der Waals surface area contributed by atoms with E-state index in [0.717, 1.165) is 5.56 Å². The Morgan fingerprint density at radius 3 is 2.35 bits per heavy atom. The quantitative estimate of drug-likeness (QED) is 0.740. The molecule has 2 aromatic rings. The Hall–Kier alpha value is -2.44. The summed E-state index contributed by atoms with van der Waals surface area (Å²) < 4.78 is 0. The van der Waals surface area contributed by atoms with Crippen LogP contribution in [0.15, 0.2) is 48.5 Å². The number of hydrogen-bond acceptors (Lipinski definition) is 3. The molecule has 0 heterocycles. The van der Waals surface area contributed by atoms with Crippen LogP contribution < -0.4 is 10.6 Å². The molecule has 7 heteroatoms. The number of benzene rings is 2. The average molecular weight is 349 g/mol. The molecule has 118 valence electrons. The summed E-state index contributed by atoms with van der Waals surface area (Å²) in [5.41, 5.74) is 1.39. The zero-order valence-electron chi connectivity index (χ0n) is 11.9. The number of carboxylic acids is 1. The fourth-order valence-corrected chi connectivity index (χ4v) is 2.19. The van der Waals surface area contributed by atoms with E-state index < -0.39 is 11.9 Å². The van der Waals surface area contributed by atoms with Crippen LogP contribution >= 0.6 is 23.8 Å². The molecule has 2 aromatic carbocycles. The third-order valence-electron chi connectivity index (χ3n) is 3.00. The summed E-state index contributed by atoms with van der Waals surface area (Å²) in [5, 5.41) is 14.8. The number of amides is 1. The second-order valence-electron chi connectivity index (χ2n) is 4.62. The lowest BCUT2D eigenvalue weighted by Gasteiger charge is -2.10. The summed E-state index contributed by atoms with van der Waals surface area (Å²) in [4.78, 5) is 22.8. The second kappa shape index (κ2) is 7.71. The lowest BCUT2D eigenvalue weighted by atomic mass is 10.1. The first-order valence-electron chi connectivity index (χ1n) is 6.63. The van der Waals surface area contributed by atoms with Crippen molar-refractivity contribution in [2.24, 2.45) is 0 Å². The molecule has 2 rings (SSSR count). The van der Waals surface area contributed by atoms with E-state index in [4.69, 9.17) is 28.9 Å². The van der Waals surface area contributed by atoms with Crippen LogP contribution in [0.4, 0.5) is 0 Å². The Morgan fingerprint density at radius 2 is 1.74 bits per heavy atom. The molecule has 0 saturated carbocycles. The molecule has 0 radical (unpaired) electrons. The zero-order chi connectivity index (χ0) is 16.8. The van der Waals surface area contributed by atoms with Crippen LogP contribution in [0, 0.1) is 0 Å². The maximum atomic E-state index is 12.0. The van der Waals surface area contributed by atoms with Crippen LogP contribution in [0.25, 0.3) is 0 Å². The topological polar surface area (TPSA) is 78.4 Å². The highest BCUT2D eigenvalue weighted by Crippen LogP contribution is 2.14. The number of rotatable bonds is 4. The Bertz CT molecular complexity index is 747. The molecule has 0 aromatic heterocycles. The van der Waals surface area contributed by atoms with E-state index in [1.165, 1.54) is 12.1 Å². The van der Waals surface area contributed by atoms with Gasteiger partial charge >= 0.3 is 5.97 Å². The van der Waals surface area contributed by atoms with Crippen LogP contribution in [-0.2, 0) is 6.54 Å². The summed E-state index contributed by atoms with van der Waals surface area (Å²) in [7, 11) is 0. The van der Waals surface area contributed by atoms with Crippen LogP contribution in [0.1, 0.15) is 26.3 Å². The van der Waals surface area contributed by atoms with Crippen LogP contribution in [0.2, 0.25) is 5.02 Å². The highest BCUT2D eigenvalue weighted by Gasteiger charge is 2.11. The SMILES string of the molecule is O=C(O)c1ccc(CNC(=S)NC(=O)c2ccccc2Cl)cc1. The number of nitrogens with one attached hydrogen (secondary N) is 2. The third kappa shape index (κ3) is 4.77. The maximum absolute atomic E-state index is 12.0. The first-order valence-corrected chi connectivity index (χ1v) is 7.42. The standard InChI is InChI=1S/C16H13ClN2O3S/c17-13-4-2-1-3-12(13)14(20)19-16(23)18-9-10-5-7-11(8-6-10)15(21)22/h1-8H,9H2,(H,21,22)(H2,18,19,20,23). The maximum Gasteiger partial charge on any atom is 0.335 e. The van der Waals surface area contributed by atoms with Gasteiger partial charge in [0, 0.05) is 6.54 Å². The average Bonchev–Trinajstić information content (AvgIpc) is 2.53. The van der Waals surface area contributed by atoms with Crippen molar-refractivity contribution in [3.63, 3.8) is 0 Å². The van der Waals surface area contributed by atoms with E-state index in [9.17, 15) is 9.59 Å². The predicted octanol–water partition coefficient (Wildman–Crippen LogP) is 2.84. The lowest BCUT2D eigenvalue weighted by Crippen LogP contribution is -2.38. The van der Waals surface area contributed by atoms with Gasteiger partial charge in [-0.3, -0.25) is 10.1 Å². The number of thiocarbonyl (C=S) groups is 1. The number of carbonyl (C=O) groups excluding carboxylic acids is 1. The van der Waals surface area contributed by atoms with Crippen molar-refractivity contribution in [1.82, 2.24) is 10.6 Å². The van der Waals surface area contributed by atoms with Gasteiger partial charge in [0.2, 0.25) is 0 Å². The van der Waals surface area contributed by atoms with Gasteiger partial charge in [-0.25, -0.2) is 4.79 Å². The second-order valence-corrected chi connectivity index (χ2v) is 5.43. The zero-order valence-corrected chi connectivity index (χ0v) is 13.4. The fraction of sp³-hybridized carbons (Fsp3) is 0.0625. The van der Waals surface area contributed by atoms with E-state index in [0.29, 0.717) is 17.1 Å². The predicted molar refractivity (Wildman–Crippen MR) is 91.8 cm³/mol. The molecule has 5 nitrogen and oxygen atoms in total. The smallest absolute Gasteiger partial charge is 0.335 e. The molecule has 0 aliphatic rings. The number of hydrogen-bond donors (Lipinski definition) is 3. The minimum absolute atomic E-state index is 0.164.